The van der Waals surface area contributed by atoms with Gasteiger partial charge in [0.2, 0.25) is 0 Å². The van der Waals surface area contributed by atoms with E-state index in [1.54, 1.807) is 24.3 Å². The fourth-order valence-electron chi connectivity index (χ4n) is 3.89. The number of hydrogen-bond donors (Lipinski definition) is 1. The molecule has 4 rings (SSSR count). The second-order valence-electron chi connectivity index (χ2n) is 7.60. The van der Waals surface area contributed by atoms with Crippen LogP contribution in [0.5, 0.6) is 0 Å². The SMILES string of the molecule is O=NCCNC(=O)c1ccc(C2=NOC(c3cc(Cl)cc(Cl)c3)(C(F)(F)F)C2)c2ccccc12. The third kappa shape index (κ3) is 4.33. The molecule has 0 fully saturated rings. The van der Waals surface area contributed by atoms with E-state index >= 15 is 0 Å². The van der Waals surface area contributed by atoms with Crippen molar-refractivity contribution in [3.63, 3.8) is 0 Å². The molecular formula is C23H16Cl2F3N3O3. The number of hydrogen-bond acceptors (Lipinski definition) is 5. The summed E-state index contributed by atoms with van der Waals surface area (Å²) in [6.07, 6.45) is -5.44. The van der Waals surface area contributed by atoms with Gasteiger partial charge in [0.15, 0.2) is 0 Å². The Morgan fingerprint density at radius 2 is 1.76 bits per heavy atom. The van der Waals surface area contributed by atoms with Crippen molar-refractivity contribution in [1.29, 1.82) is 0 Å². The highest BCUT2D eigenvalue weighted by atomic mass is 35.5. The first-order valence-corrected chi connectivity index (χ1v) is 10.8. The number of rotatable bonds is 6. The van der Waals surface area contributed by atoms with E-state index in [2.05, 4.69) is 15.6 Å². The highest BCUT2D eigenvalue weighted by Gasteiger charge is 2.62. The van der Waals surface area contributed by atoms with Crippen molar-refractivity contribution in [1.82, 2.24) is 5.32 Å². The summed E-state index contributed by atoms with van der Waals surface area (Å²) in [5.74, 6) is -0.436. The fraction of sp³-hybridized carbons (Fsp3) is 0.217. The van der Waals surface area contributed by atoms with Gasteiger partial charge in [0.1, 0.15) is 0 Å². The van der Waals surface area contributed by atoms with Gasteiger partial charge in [-0.25, -0.2) is 0 Å². The van der Waals surface area contributed by atoms with Crippen molar-refractivity contribution in [2.24, 2.45) is 10.3 Å². The quantitative estimate of drug-likeness (QED) is 0.316. The zero-order valence-corrected chi connectivity index (χ0v) is 18.8. The smallest absolute Gasteiger partial charge is 0.374 e. The van der Waals surface area contributed by atoms with Crippen LogP contribution < -0.4 is 5.32 Å². The van der Waals surface area contributed by atoms with E-state index in [0.29, 0.717) is 21.9 Å². The van der Waals surface area contributed by atoms with Crippen LogP contribution in [0.25, 0.3) is 10.8 Å². The monoisotopic (exact) mass is 509 g/mol. The van der Waals surface area contributed by atoms with Crippen molar-refractivity contribution in [2.75, 3.05) is 13.1 Å². The molecule has 3 aromatic carbocycles. The maximum absolute atomic E-state index is 14.3. The van der Waals surface area contributed by atoms with Crippen molar-refractivity contribution >= 4 is 45.6 Å². The molecule has 1 heterocycles. The lowest BCUT2D eigenvalue weighted by atomic mass is 9.85. The molecule has 1 atom stereocenters. The summed E-state index contributed by atoms with van der Waals surface area (Å²) in [7, 11) is 0. The number of carbonyl (C=O) groups excluding carboxylic acids is 1. The third-order valence-corrected chi connectivity index (χ3v) is 5.92. The predicted molar refractivity (Wildman–Crippen MR) is 123 cm³/mol. The minimum atomic E-state index is -4.82. The molecule has 176 valence electrons. The van der Waals surface area contributed by atoms with Crippen LogP contribution in [0.4, 0.5) is 13.2 Å². The molecule has 1 amide bonds. The number of oxime groups is 1. The second kappa shape index (κ2) is 9.23. The molecule has 1 aliphatic heterocycles. The van der Waals surface area contributed by atoms with Gasteiger partial charge in [0, 0.05) is 39.7 Å². The van der Waals surface area contributed by atoms with Gasteiger partial charge in [0.25, 0.3) is 11.5 Å². The zero-order chi connectivity index (χ0) is 24.5. The number of carbonyl (C=O) groups is 1. The number of halogens is 5. The van der Waals surface area contributed by atoms with Gasteiger partial charge < -0.3 is 10.2 Å². The molecular weight excluding hydrogens is 494 g/mol. The molecule has 0 spiro atoms. The Balaban J connectivity index is 1.75. The van der Waals surface area contributed by atoms with Gasteiger partial charge in [0.05, 0.1) is 12.3 Å². The average molecular weight is 510 g/mol. The van der Waals surface area contributed by atoms with E-state index in [1.807, 2.05) is 0 Å². The number of nitrogens with one attached hydrogen (secondary N) is 1. The number of fused-ring (bicyclic) bond motifs is 1. The molecule has 0 saturated heterocycles. The Kier molecular flexibility index (Phi) is 6.51. The first kappa shape index (κ1) is 24.0. The molecule has 11 heteroatoms. The normalized spacial score (nSPS) is 17.9. The van der Waals surface area contributed by atoms with Gasteiger partial charge in [-0.15, -0.1) is 0 Å². The van der Waals surface area contributed by atoms with Gasteiger partial charge in [-0.05, 0) is 35.0 Å². The maximum atomic E-state index is 14.3. The number of nitroso groups, excluding NO2 is 1. The van der Waals surface area contributed by atoms with Crippen LogP contribution in [0, 0.1) is 4.91 Å². The molecule has 0 aliphatic carbocycles. The van der Waals surface area contributed by atoms with Crippen molar-refractivity contribution in [3.8, 4) is 0 Å². The number of alkyl halides is 3. The van der Waals surface area contributed by atoms with E-state index in [9.17, 15) is 22.9 Å². The Bertz CT molecular complexity index is 1290. The second-order valence-corrected chi connectivity index (χ2v) is 8.48. The molecule has 0 saturated carbocycles. The highest BCUT2D eigenvalue weighted by Crippen LogP contribution is 2.50. The Morgan fingerprint density at radius 1 is 1.09 bits per heavy atom. The summed E-state index contributed by atoms with van der Waals surface area (Å²) >= 11 is 11.9. The molecule has 34 heavy (non-hydrogen) atoms. The van der Waals surface area contributed by atoms with E-state index in [4.69, 9.17) is 28.0 Å². The van der Waals surface area contributed by atoms with Crippen molar-refractivity contribution in [3.05, 3.63) is 86.2 Å². The predicted octanol–water partition coefficient (Wildman–Crippen LogP) is 6.23. The van der Waals surface area contributed by atoms with E-state index < -0.39 is 24.1 Å². The standard InChI is InChI=1S/C23H16Cl2F3N3O3/c24-14-9-13(10-15(25)11-14)22(23(26,27)28)12-20(31-34-22)18-5-6-19(21(32)29-7-8-30-33)17-4-2-1-3-16(17)18/h1-6,9-11H,7-8,12H2,(H,29,32). The van der Waals surface area contributed by atoms with E-state index in [1.165, 1.54) is 18.2 Å². The zero-order valence-electron chi connectivity index (χ0n) is 17.3. The molecule has 1 aliphatic rings. The average Bonchev–Trinajstić information content (AvgIpc) is 3.25. The lowest BCUT2D eigenvalue weighted by Gasteiger charge is -2.29. The van der Waals surface area contributed by atoms with Crippen LogP contribution in [-0.4, -0.2) is 30.9 Å². The molecule has 0 radical (unpaired) electrons. The summed E-state index contributed by atoms with van der Waals surface area (Å²) in [6.45, 7) is -0.0157. The minimum Gasteiger partial charge on any atom is -0.374 e. The first-order valence-electron chi connectivity index (χ1n) is 10.0. The Morgan fingerprint density at radius 3 is 2.41 bits per heavy atom. The maximum Gasteiger partial charge on any atom is 0.435 e. The highest BCUT2D eigenvalue weighted by molar-refractivity contribution is 6.34. The summed E-state index contributed by atoms with van der Waals surface area (Å²) in [6, 6.07) is 13.4. The van der Waals surface area contributed by atoms with Crippen molar-refractivity contribution in [2.45, 2.75) is 18.2 Å². The molecule has 0 aromatic heterocycles. The van der Waals surface area contributed by atoms with Crippen LogP contribution in [0.3, 0.4) is 0 Å². The molecule has 1 unspecified atom stereocenters. The van der Waals surface area contributed by atoms with Crippen LogP contribution >= 0.6 is 23.2 Å². The molecule has 6 nitrogen and oxygen atoms in total. The molecule has 1 N–H and O–H groups in total. The summed E-state index contributed by atoms with van der Waals surface area (Å²) in [5, 5.41) is 10.2. The fourth-order valence-corrected chi connectivity index (χ4v) is 4.42. The van der Waals surface area contributed by atoms with Gasteiger partial charge in [-0.1, -0.05) is 63.9 Å². The van der Waals surface area contributed by atoms with Crippen LogP contribution in [0.15, 0.2) is 64.9 Å². The summed E-state index contributed by atoms with van der Waals surface area (Å²) in [4.78, 5) is 27.9. The lowest BCUT2D eigenvalue weighted by molar-refractivity contribution is -0.275. The lowest BCUT2D eigenvalue weighted by Crippen LogP contribution is -2.42. The topological polar surface area (TPSA) is 80.1 Å². The third-order valence-electron chi connectivity index (χ3n) is 5.48. The van der Waals surface area contributed by atoms with Crippen LogP contribution in [0.2, 0.25) is 10.0 Å². The van der Waals surface area contributed by atoms with E-state index in [-0.39, 0.29) is 34.4 Å². The van der Waals surface area contributed by atoms with Gasteiger partial charge in [-0.3, -0.25) is 4.79 Å². The number of nitrogens with zero attached hydrogens (tertiary/aromatic N) is 2. The first-order chi connectivity index (χ1) is 16.2. The van der Waals surface area contributed by atoms with Gasteiger partial charge in [-0.2, -0.15) is 18.1 Å². The van der Waals surface area contributed by atoms with Crippen LogP contribution in [-0.2, 0) is 10.4 Å². The summed E-state index contributed by atoms with van der Waals surface area (Å²) < 4.78 is 43.0. The Hall–Kier alpha value is -3.17. The minimum absolute atomic E-state index is 0.0359. The van der Waals surface area contributed by atoms with Gasteiger partial charge >= 0.3 is 6.18 Å². The number of benzene rings is 3. The largest absolute Gasteiger partial charge is 0.435 e. The number of amides is 1. The Labute approximate surface area is 201 Å². The molecule has 3 aromatic rings. The van der Waals surface area contributed by atoms with Crippen LogP contribution in [0.1, 0.15) is 27.9 Å². The van der Waals surface area contributed by atoms with Crippen molar-refractivity contribution < 1.29 is 22.8 Å². The molecule has 0 bridgehead atoms. The summed E-state index contributed by atoms with van der Waals surface area (Å²) in [5.41, 5.74) is -2.29. The van der Waals surface area contributed by atoms with E-state index in [0.717, 1.165) is 12.1 Å².